The van der Waals surface area contributed by atoms with Gasteiger partial charge in [-0.15, -0.1) is 12.6 Å². The zero-order chi connectivity index (χ0) is 11.5. The van der Waals surface area contributed by atoms with Gasteiger partial charge in [-0.2, -0.15) is 0 Å². The zero-order valence-electron chi connectivity index (χ0n) is 8.45. The molecule has 3 heteroatoms. The molecule has 0 radical (unpaired) electrons. The molecule has 16 heavy (non-hydrogen) atoms. The van der Waals surface area contributed by atoms with Crippen LogP contribution < -0.4 is 0 Å². The highest BCUT2D eigenvalue weighted by molar-refractivity contribution is 9.11. The maximum atomic E-state index is 4.28. The van der Waals surface area contributed by atoms with Crippen LogP contribution >= 0.6 is 44.5 Å². The Bertz CT molecular complexity index is 492. The molecule has 0 fully saturated rings. The molecule has 2 rings (SSSR count). The minimum Gasteiger partial charge on any atom is -0.143 e. The van der Waals surface area contributed by atoms with Gasteiger partial charge in [0.1, 0.15) is 0 Å². The first kappa shape index (κ1) is 12.2. The number of halogens is 2. The molecule has 0 amide bonds. The summed E-state index contributed by atoms with van der Waals surface area (Å²) in [6.07, 6.45) is 0.925. The maximum Gasteiger partial charge on any atom is 0.0211 e. The molecule has 0 aromatic heterocycles. The first-order valence-corrected chi connectivity index (χ1v) is 6.90. The predicted molar refractivity (Wildman–Crippen MR) is 78.3 cm³/mol. The number of thiol groups is 1. The van der Waals surface area contributed by atoms with Crippen molar-refractivity contribution in [3.63, 3.8) is 0 Å². The van der Waals surface area contributed by atoms with Crippen LogP contribution in [0.1, 0.15) is 11.1 Å². The van der Waals surface area contributed by atoms with Crippen molar-refractivity contribution in [1.29, 1.82) is 0 Å². The second-order valence-electron chi connectivity index (χ2n) is 3.58. The Morgan fingerprint density at radius 3 is 2.31 bits per heavy atom. The van der Waals surface area contributed by atoms with E-state index in [0.717, 1.165) is 20.3 Å². The molecule has 0 aliphatic heterocycles. The summed E-state index contributed by atoms with van der Waals surface area (Å²) in [5, 5.41) is 0. The molecule has 0 nitrogen and oxygen atoms in total. The van der Waals surface area contributed by atoms with Gasteiger partial charge in [-0.3, -0.25) is 0 Å². The van der Waals surface area contributed by atoms with Crippen LogP contribution in [-0.2, 0) is 6.42 Å². The van der Waals surface area contributed by atoms with Gasteiger partial charge in [-0.25, -0.2) is 0 Å². The summed E-state index contributed by atoms with van der Waals surface area (Å²) in [5.41, 5.74) is 2.57. The first-order valence-electron chi connectivity index (χ1n) is 4.87. The second kappa shape index (κ2) is 5.39. The van der Waals surface area contributed by atoms with E-state index < -0.39 is 0 Å². The average molecular weight is 358 g/mol. The Hall–Kier alpha value is -0.250. The molecule has 82 valence electrons. The van der Waals surface area contributed by atoms with Crippen molar-refractivity contribution in [3.8, 4) is 0 Å². The van der Waals surface area contributed by atoms with Crippen molar-refractivity contribution >= 4 is 44.5 Å². The number of rotatable bonds is 2. The molecule has 0 N–H and O–H groups in total. The van der Waals surface area contributed by atoms with E-state index in [4.69, 9.17) is 0 Å². The summed E-state index contributed by atoms with van der Waals surface area (Å²) in [6, 6.07) is 14.5. The highest BCUT2D eigenvalue weighted by Gasteiger charge is 2.02. The lowest BCUT2D eigenvalue weighted by Gasteiger charge is -2.05. The summed E-state index contributed by atoms with van der Waals surface area (Å²) in [5.74, 6) is 0. The molecule has 0 heterocycles. The molecule has 0 bridgehead atoms. The lowest BCUT2D eigenvalue weighted by Crippen LogP contribution is -1.89. The van der Waals surface area contributed by atoms with Crippen molar-refractivity contribution < 1.29 is 0 Å². The highest BCUT2D eigenvalue weighted by atomic mass is 79.9. The van der Waals surface area contributed by atoms with Gasteiger partial charge in [-0.1, -0.05) is 44.0 Å². The Morgan fingerprint density at radius 2 is 1.62 bits per heavy atom. The van der Waals surface area contributed by atoms with Crippen molar-refractivity contribution in [2.75, 3.05) is 0 Å². The molecule has 2 aromatic carbocycles. The highest BCUT2D eigenvalue weighted by Crippen LogP contribution is 2.24. The third-order valence-corrected chi connectivity index (χ3v) is 3.90. The third-order valence-electron chi connectivity index (χ3n) is 2.34. The first-order chi connectivity index (χ1) is 7.65. The van der Waals surface area contributed by atoms with Crippen molar-refractivity contribution in [3.05, 3.63) is 62.5 Å². The fourth-order valence-corrected chi connectivity index (χ4v) is 2.46. The molecule has 0 saturated heterocycles. The molecular formula is C13H10Br2S. The fraction of sp³-hybridized carbons (Fsp3) is 0.0769. The molecule has 0 atom stereocenters. The van der Waals surface area contributed by atoms with Crippen LogP contribution in [0.2, 0.25) is 0 Å². The van der Waals surface area contributed by atoms with Crippen LogP contribution in [0.3, 0.4) is 0 Å². The number of hydrogen-bond donors (Lipinski definition) is 1. The predicted octanol–water partition coefficient (Wildman–Crippen LogP) is 5.09. The van der Waals surface area contributed by atoms with E-state index in [-0.39, 0.29) is 0 Å². The van der Waals surface area contributed by atoms with Gasteiger partial charge >= 0.3 is 0 Å². The van der Waals surface area contributed by atoms with Crippen molar-refractivity contribution in [2.45, 2.75) is 11.3 Å². The van der Waals surface area contributed by atoms with Gasteiger partial charge in [0.15, 0.2) is 0 Å². The second-order valence-corrected chi connectivity index (χ2v) is 5.87. The Labute approximate surface area is 118 Å². The molecule has 0 spiro atoms. The van der Waals surface area contributed by atoms with Gasteiger partial charge in [0.2, 0.25) is 0 Å². The van der Waals surface area contributed by atoms with Crippen LogP contribution in [-0.4, -0.2) is 0 Å². The maximum absolute atomic E-state index is 4.28. The molecule has 0 aliphatic carbocycles. The monoisotopic (exact) mass is 356 g/mol. The molecular weight excluding hydrogens is 348 g/mol. The Balaban J connectivity index is 2.26. The SMILES string of the molecule is Sc1ccc(Cc2cc(Br)ccc2Br)cc1. The molecule has 0 unspecified atom stereocenters. The normalized spacial score (nSPS) is 10.4. The fourth-order valence-electron chi connectivity index (χ4n) is 1.51. The van der Waals surface area contributed by atoms with Crippen molar-refractivity contribution in [1.82, 2.24) is 0 Å². The Morgan fingerprint density at radius 1 is 0.938 bits per heavy atom. The van der Waals surface area contributed by atoms with Gasteiger partial charge in [0.25, 0.3) is 0 Å². The van der Waals surface area contributed by atoms with Gasteiger partial charge < -0.3 is 0 Å². The van der Waals surface area contributed by atoms with E-state index >= 15 is 0 Å². The largest absolute Gasteiger partial charge is 0.143 e. The van der Waals surface area contributed by atoms with E-state index in [2.05, 4.69) is 68.8 Å². The smallest absolute Gasteiger partial charge is 0.0211 e. The van der Waals surface area contributed by atoms with Gasteiger partial charge in [0, 0.05) is 13.8 Å². The molecule has 0 aliphatic rings. The lowest BCUT2D eigenvalue weighted by molar-refractivity contribution is 1.16. The summed E-state index contributed by atoms with van der Waals surface area (Å²) in [6.45, 7) is 0. The Kier molecular flexibility index (Phi) is 4.11. The molecule has 2 aromatic rings. The van der Waals surface area contributed by atoms with Crippen LogP contribution in [0, 0.1) is 0 Å². The van der Waals surface area contributed by atoms with Gasteiger partial charge in [-0.05, 0) is 47.9 Å². The van der Waals surface area contributed by atoms with Crippen molar-refractivity contribution in [2.24, 2.45) is 0 Å². The van der Waals surface area contributed by atoms with E-state index in [0.29, 0.717) is 0 Å². The van der Waals surface area contributed by atoms with E-state index in [1.165, 1.54) is 11.1 Å². The summed E-state index contributed by atoms with van der Waals surface area (Å²) >= 11 is 11.3. The topological polar surface area (TPSA) is 0 Å². The summed E-state index contributed by atoms with van der Waals surface area (Å²) in [7, 11) is 0. The summed E-state index contributed by atoms with van der Waals surface area (Å²) in [4.78, 5) is 0.997. The summed E-state index contributed by atoms with van der Waals surface area (Å²) < 4.78 is 2.25. The van der Waals surface area contributed by atoms with Gasteiger partial charge in [0.05, 0.1) is 0 Å². The van der Waals surface area contributed by atoms with E-state index in [9.17, 15) is 0 Å². The number of benzene rings is 2. The lowest BCUT2D eigenvalue weighted by atomic mass is 10.1. The molecule has 0 saturated carbocycles. The van der Waals surface area contributed by atoms with Crippen LogP contribution in [0.25, 0.3) is 0 Å². The third kappa shape index (κ3) is 3.12. The zero-order valence-corrected chi connectivity index (χ0v) is 12.5. The number of hydrogen-bond acceptors (Lipinski definition) is 1. The van der Waals surface area contributed by atoms with Crippen LogP contribution in [0.15, 0.2) is 56.3 Å². The quantitative estimate of drug-likeness (QED) is 0.711. The van der Waals surface area contributed by atoms with Crippen LogP contribution in [0.4, 0.5) is 0 Å². The minimum absolute atomic E-state index is 0.925. The van der Waals surface area contributed by atoms with E-state index in [1.54, 1.807) is 0 Å². The average Bonchev–Trinajstić information content (AvgIpc) is 2.27. The van der Waals surface area contributed by atoms with E-state index in [1.807, 2.05) is 18.2 Å². The van der Waals surface area contributed by atoms with Crippen LogP contribution in [0.5, 0.6) is 0 Å². The minimum atomic E-state index is 0.925. The standard InChI is InChI=1S/C13H10Br2S/c14-11-3-6-13(15)10(8-11)7-9-1-4-12(16)5-2-9/h1-6,8,16H,7H2.